The molecule has 0 bridgehead atoms. The van der Waals surface area contributed by atoms with Crippen LogP contribution in [0.15, 0.2) is 170 Å². The van der Waals surface area contributed by atoms with Crippen molar-refractivity contribution >= 4 is 0 Å². The minimum Gasteiger partial charge on any atom is -0.0683 e. The zero-order chi connectivity index (χ0) is 70.2. The van der Waals surface area contributed by atoms with Crippen LogP contribution in [-0.4, -0.2) is 0 Å². The van der Waals surface area contributed by atoms with Gasteiger partial charge in [0.15, 0.2) is 0 Å². The maximum atomic E-state index is 2.30. The normalized spacial score (nSPS) is 8.95. The molecule has 4 aliphatic carbocycles. The maximum absolute atomic E-state index is 2.30. The zero-order valence-corrected chi connectivity index (χ0v) is 65.0. The zero-order valence-electron chi connectivity index (χ0n) is 65.0. The summed E-state index contributed by atoms with van der Waals surface area (Å²) in [5.41, 5.74) is 28.8. The minimum atomic E-state index is 1.10. The molecule has 0 unspecified atom stereocenters. The van der Waals surface area contributed by atoms with E-state index < -0.39 is 0 Å². The maximum Gasteiger partial charge on any atom is -0.00108 e. The summed E-state index contributed by atoms with van der Waals surface area (Å²) in [6, 6.07) is 61.4. The smallest absolute Gasteiger partial charge is 0.00108 e. The van der Waals surface area contributed by atoms with Gasteiger partial charge in [0.05, 0.1) is 0 Å². The molecule has 0 nitrogen and oxygen atoms in total. The van der Waals surface area contributed by atoms with E-state index in [2.05, 4.69) is 198 Å². The first-order chi connectivity index (χ1) is 43.4. The van der Waals surface area contributed by atoms with Gasteiger partial charge in [-0.15, -0.1) is 0 Å². The highest BCUT2D eigenvalue weighted by Gasteiger charge is 2.21. The van der Waals surface area contributed by atoms with Crippen LogP contribution in [0.25, 0.3) is 44.5 Å². The summed E-state index contributed by atoms with van der Waals surface area (Å²) in [5.74, 6) is 0. The molecule has 0 atom stereocenters. The summed E-state index contributed by atoms with van der Waals surface area (Å²) in [5, 5.41) is 0. The lowest BCUT2D eigenvalue weighted by Crippen LogP contribution is -1.84. The molecule has 0 aromatic heterocycles. The molecule has 0 aliphatic heterocycles. The predicted octanol–water partition coefficient (Wildman–Crippen LogP) is 30.7. The van der Waals surface area contributed by atoms with E-state index in [0.717, 1.165) is 25.7 Å². The van der Waals surface area contributed by atoms with Gasteiger partial charge in [-0.1, -0.05) is 403 Å². The Bertz CT molecular complexity index is 2730. The Morgan fingerprint density at radius 3 is 0.909 bits per heavy atom. The van der Waals surface area contributed by atoms with Gasteiger partial charge in [0.2, 0.25) is 0 Å². The average Bonchev–Trinajstić information content (AvgIpc) is 3.85. The van der Waals surface area contributed by atoms with Crippen LogP contribution in [-0.2, 0) is 25.7 Å². The molecule has 0 saturated heterocycles. The summed E-state index contributed by atoms with van der Waals surface area (Å²) in [6.07, 6.45) is 4.42. The fourth-order valence-electron chi connectivity index (χ4n) is 9.21. The lowest BCUT2D eigenvalue weighted by Gasteiger charge is -2.03. The Kier molecular flexibility index (Phi) is 77.8. The molecule has 0 heterocycles. The van der Waals surface area contributed by atoms with Crippen molar-refractivity contribution in [1.29, 1.82) is 0 Å². The van der Waals surface area contributed by atoms with E-state index >= 15 is 0 Å². The Balaban J connectivity index is -0.000000140. The van der Waals surface area contributed by atoms with Crippen molar-refractivity contribution in [3.05, 3.63) is 237 Å². The molecule has 0 N–H and O–H groups in total. The van der Waals surface area contributed by atoms with Crippen LogP contribution < -0.4 is 0 Å². The van der Waals surface area contributed by atoms with E-state index in [9.17, 15) is 0 Å². The van der Waals surface area contributed by atoms with Crippen molar-refractivity contribution in [3.8, 4) is 44.5 Å². The molecule has 4 aliphatic rings. The van der Waals surface area contributed by atoms with Gasteiger partial charge in [0.1, 0.15) is 0 Å². The third-order valence-corrected chi connectivity index (χ3v) is 12.0. The first-order valence-corrected chi connectivity index (χ1v) is 36.1. The second kappa shape index (κ2) is 69.9. The van der Waals surface area contributed by atoms with Crippen LogP contribution in [0, 0.1) is 27.7 Å². The van der Waals surface area contributed by atoms with Crippen LogP contribution in [0.3, 0.4) is 0 Å². The van der Waals surface area contributed by atoms with E-state index in [-0.39, 0.29) is 0 Å². The highest BCUT2D eigenvalue weighted by Crippen LogP contribution is 2.40. The number of aryl methyl sites for hydroxylation is 4. The van der Waals surface area contributed by atoms with Crippen LogP contribution in [0.5, 0.6) is 0 Å². The highest BCUT2D eigenvalue weighted by atomic mass is 14.2. The quantitative estimate of drug-likeness (QED) is 0.142. The molecular weight excluding hydrogens is 1060 g/mol. The van der Waals surface area contributed by atoms with E-state index in [1.807, 2.05) is 222 Å². The van der Waals surface area contributed by atoms with Gasteiger partial charge in [-0.05, 0) is 154 Å². The van der Waals surface area contributed by atoms with Crippen LogP contribution in [0.4, 0.5) is 0 Å². The average molecular weight is 1200 g/mol. The predicted molar refractivity (Wildman–Crippen MR) is 419 cm³/mol. The second-order valence-corrected chi connectivity index (χ2v) is 15.9. The summed E-state index contributed by atoms with van der Waals surface area (Å²) in [6.45, 7) is 72.7. The molecule has 8 aromatic carbocycles. The Morgan fingerprint density at radius 2 is 0.455 bits per heavy atom. The SMILES string of the molecule is CC.CC.CC.CC.CC.CC.CC.CC.CC.CC.CC.CC.CC.CC.CC.CC.Cc1ccc2c(c1)-c1ccccc1C2.Cc1ccc2c(c1)Cc1ccccc1-2.Cc1cccc2c1-c1ccccc1C2.Cc1cccc2c1Cc1ccccc1-2. The fraction of sp³-hybridized carbons (Fsp3) is 0.455. The summed E-state index contributed by atoms with van der Waals surface area (Å²) >= 11 is 0. The van der Waals surface area contributed by atoms with Crippen molar-refractivity contribution in [3.63, 3.8) is 0 Å². The van der Waals surface area contributed by atoms with Crippen molar-refractivity contribution in [1.82, 2.24) is 0 Å². The van der Waals surface area contributed by atoms with Crippen molar-refractivity contribution in [2.24, 2.45) is 0 Å². The van der Waals surface area contributed by atoms with Gasteiger partial charge in [-0.3, -0.25) is 0 Å². The third kappa shape index (κ3) is 32.3. The van der Waals surface area contributed by atoms with Crippen LogP contribution in [0.1, 0.15) is 288 Å². The summed E-state index contributed by atoms with van der Waals surface area (Å²) in [7, 11) is 0. The Hall–Kier alpha value is -6.24. The van der Waals surface area contributed by atoms with Crippen molar-refractivity contribution in [2.75, 3.05) is 0 Å². The van der Waals surface area contributed by atoms with Gasteiger partial charge >= 0.3 is 0 Å². The molecule has 0 spiro atoms. The minimum absolute atomic E-state index is 1.10. The van der Waals surface area contributed by atoms with Gasteiger partial charge in [-0.2, -0.15) is 0 Å². The molecule has 12 rings (SSSR count). The molecule has 496 valence electrons. The first kappa shape index (κ1) is 98.0. The fourth-order valence-corrected chi connectivity index (χ4v) is 9.21. The van der Waals surface area contributed by atoms with E-state index in [4.69, 9.17) is 0 Å². The monoisotopic (exact) mass is 1200 g/mol. The highest BCUT2D eigenvalue weighted by molar-refractivity contribution is 5.80. The summed E-state index contributed by atoms with van der Waals surface area (Å²) < 4.78 is 0. The molecular formula is C88H144. The Labute approximate surface area is 553 Å². The van der Waals surface area contributed by atoms with Crippen molar-refractivity contribution < 1.29 is 0 Å². The largest absolute Gasteiger partial charge is 0.0683 e. The molecule has 0 amide bonds. The van der Waals surface area contributed by atoms with Gasteiger partial charge < -0.3 is 0 Å². The molecule has 0 fully saturated rings. The lowest BCUT2D eigenvalue weighted by molar-refractivity contribution is 1.22. The first-order valence-electron chi connectivity index (χ1n) is 36.1. The van der Waals surface area contributed by atoms with Crippen LogP contribution in [0.2, 0.25) is 0 Å². The Morgan fingerprint density at radius 1 is 0.182 bits per heavy atom. The molecule has 88 heavy (non-hydrogen) atoms. The third-order valence-electron chi connectivity index (χ3n) is 12.0. The second-order valence-electron chi connectivity index (χ2n) is 15.9. The molecule has 8 aromatic rings. The number of fused-ring (bicyclic) bond motifs is 12. The topological polar surface area (TPSA) is 0 Å². The van der Waals surface area contributed by atoms with Gasteiger partial charge in [-0.25, -0.2) is 0 Å². The standard InChI is InChI=1S/4C14H12.16C2H6/c1-10-5-4-7-12-9-11-6-2-3-8-13(11)14(10)12;1-10-5-4-8-13-12-7-3-2-6-11(12)9-14(10)13;1-10-6-7-14-12(8-10)9-11-4-2-3-5-13(11)14;1-10-6-7-12-9-11-4-2-3-5-13(11)14(12)8-10;16*1-2/h4*2-8H,9H2,1H3;16*1-2H3. The van der Waals surface area contributed by atoms with Gasteiger partial charge in [0.25, 0.3) is 0 Å². The van der Waals surface area contributed by atoms with Crippen LogP contribution >= 0.6 is 0 Å². The van der Waals surface area contributed by atoms with E-state index in [1.54, 1.807) is 0 Å². The number of hydrogen-bond acceptors (Lipinski definition) is 0. The molecule has 0 heteroatoms. The number of rotatable bonds is 0. The number of hydrogen-bond donors (Lipinski definition) is 0. The van der Waals surface area contributed by atoms with Crippen molar-refractivity contribution in [2.45, 2.75) is 275 Å². The van der Waals surface area contributed by atoms with E-state index in [1.165, 1.54) is 111 Å². The van der Waals surface area contributed by atoms with E-state index in [0.29, 0.717) is 0 Å². The molecule has 0 radical (unpaired) electrons. The molecule has 0 saturated carbocycles. The van der Waals surface area contributed by atoms with Gasteiger partial charge in [0, 0.05) is 0 Å². The lowest BCUT2D eigenvalue weighted by atomic mass is 10.0. The summed E-state index contributed by atoms with van der Waals surface area (Å²) in [4.78, 5) is 0. The number of benzene rings is 8.